The first kappa shape index (κ1) is 15.2. The van der Waals surface area contributed by atoms with Crippen LogP contribution in [0.4, 0.5) is 0 Å². The number of nitrogens with one attached hydrogen (secondary N) is 1. The molecule has 0 radical (unpaired) electrons. The number of thioether (sulfide) groups is 1. The molecule has 110 valence electrons. The molecule has 1 unspecified atom stereocenters. The van der Waals surface area contributed by atoms with Gasteiger partial charge in [0.2, 0.25) is 0 Å². The maximum Gasteiger partial charge on any atom is 0.156 e. The molecule has 1 heterocycles. The maximum atomic E-state index is 5.66. The van der Waals surface area contributed by atoms with Crippen molar-refractivity contribution in [3.63, 3.8) is 0 Å². The average molecular weight is 292 g/mol. The smallest absolute Gasteiger partial charge is 0.156 e. The number of rotatable bonds is 6. The van der Waals surface area contributed by atoms with E-state index < -0.39 is 0 Å². The molecule has 0 saturated carbocycles. The summed E-state index contributed by atoms with van der Waals surface area (Å²) < 4.78 is 5.66. The van der Waals surface area contributed by atoms with Gasteiger partial charge in [-0.1, -0.05) is 36.9 Å². The quantitative estimate of drug-likeness (QED) is 0.812. The highest BCUT2D eigenvalue weighted by Gasteiger charge is 2.27. The van der Waals surface area contributed by atoms with Crippen LogP contribution in [0.25, 0.3) is 0 Å². The second-order valence-electron chi connectivity index (χ2n) is 5.34. The van der Waals surface area contributed by atoms with E-state index in [1.807, 2.05) is 42.1 Å². The van der Waals surface area contributed by atoms with Crippen molar-refractivity contribution in [2.75, 3.05) is 18.9 Å². The zero-order valence-corrected chi connectivity index (χ0v) is 13.2. The van der Waals surface area contributed by atoms with Gasteiger partial charge in [-0.05, 0) is 31.9 Å². The van der Waals surface area contributed by atoms with E-state index in [2.05, 4.69) is 24.2 Å². The average Bonchev–Trinajstić information content (AvgIpc) is 2.48. The summed E-state index contributed by atoms with van der Waals surface area (Å²) in [5, 5.41) is 4.66. The molecule has 1 saturated heterocycles. The van der Waals surface area contributed by atoms with Gasteiger partial charge < -0.3 is 10.1 Å². The minimum absolute atomic E-state index is 0.227. The molecule has 3 nitrogen and oxygen atoms in total. The van der Waals surface area contributed by atoms with Gasteiger partial charge in [0.25, 0.3) is 0 Å². The first-order valence-electron chi connectivity index (χ1n) is 7.35. The lowest BCUT2D eigenvalue weighted by atomic mass is 9.96. The summed E-state index contributed by atoms with van der Waals surface area (Å²) in [6.07, 6.45) is 3.30. The van der Waals surface area contributed by atoms with E-state index in [0.29, 0.717) is 0 Å². The van der Waals surface area contributed by atoms with Gasteiger partial charge in [-0.25, -0.2) is 0 Å². The van der Waals surface area contributed by atoms with Crippen molar-refractivity contribution in [3.8, 4) is 5.75 Å². The highest BCUT2D eigenvalue weighted by atomic mass is 32.2. The fraction of sp³-hybridized carbons (Fsp3) is 0.562. The number of para-hydroxylation sites is 1. The third-order valence-corrected chi connectivity index (χ3v) is 4.56. The highest BCUT2D eigenvalue weighted by Crippen LogP contribution is 2.24. The fourth-order valence-corrected chi connectivity index (χ4v) is 3.28. The lowest BCUT2D eigenvalue weighted by molar-refractivity contribution is 0.313. The standard InChI is InChI=1S/C16H24N2OS/c1-3-16(2)10-13-20-15(18-16)17-11-7-12-19-14-8-5-4-6-9-14/h4-6,8-9H,3,7,10-13H2,1-2H3,(H,17,18). The summed E-state index contributed by atoms with van der Waals surface area (Å²) in [4.78, 5) is 4.65. The molecule has 20 heavy (non-hydrogen) atoms. The van der Waals surface area contributed by atoms with Crippen LogP contribution in [-0.4, -0.2) is 29.6 Å². The Morgan fingerprint density at radius 2 is 2.15 bits per heavy atom. The third-order valence-electron chi connectivity index (χ3n) is 3.65. The number of ether oxygens (including phenoxy) is 1. The molecule has 1 N–H and O–H groups in total. The molecule has 0 bridgehead atoms. The fourth-order valence-electron chi connectivity index (χ4n) is 2.03. The van der Waals surface area contributed by atoms with Gasteiger partial charge in [-0.15, -0.1) is 0 Å². The van der Waals surface area contributed by atoms with Crippen LogP contribution < -0.4 is 10.1 Å². The lowest BCUT2D eigenvalue weighted by Gasteiger charge is -2.35. The van der Waals surface area contributed by atoms with Crippen LogP contribution in [0.2, 0.25) is 0 Å². The van der Waals surface area contributed by atoms with E-state index in [9.17, 15) is 0 Å². The predicted molar refractivity (Wildman–Crippen MR) is 87.8 cm³/mol. The largest absolute Gasteiger partial charge is 0.494 e. The van der Waals surface area contributed by atoms with Gasteiger partial charge in [-0.2, -0.15) is 0 Å². The molecule has 0 aliphatic carbocycles. The SMILES string of the molecule is CCC1(C)CCSC(=NCCCOc2ccccc2)N1. The maximum absolute atomic E-state index is 5.66. The van der Waals surface area contributed by atoms with Crippen molar-refractivity contribution in [2.24, 2.45) is 4.99 Å². The number of amidine groups is 1. The highest BCUT2D eigenvalue weighted by molar-refractivity contribution is 8.13. The van der Waals surface area contributed by atoms with Crippen LogP contribution in [0.5, 0.6) is 5.75 Å². The zero-order chi connectivity index (χ0) is 14.3. The molecule has 4 heteroatoms. The van der Waals surface area contributed by atoms with Crippen LogP contribution in [0.3, 0.4) is 0 Å². The Balaban J connectivity index is 1.68. The normalized spacial score (nSPS) is 24.4. The minimum atomic E-state index is 0.227. The summed E-state index contributed by atoms with van der Waals surface area (Å²) in [6.45, 7) is 6.05. The molecule has 1 atom stereocenters. The summed E-state index contributed by atoms with van der Waals surface area (Å²) in [7, 11) is 0. The summed E-state index contributed by atoms with van der Waals surface area (Å²) >= 11 is 1.83. The van der Waals surface area contributed by atoms with Crippen molar-refractivity contribution in [1.29, 1.82) is 0 Å². The van der Waals surface area contributed by atoms with Crippen molar-refractivity contribution >= 4 is 16.9 Å². The first-order valence-corrected chi connectivity index (χ1v) is 8.34. The molecule has 1 aliphatic heterocycles. The molecule has 0 amide bonds. The van der Waals surface area contributed by atoms with Crippen molar-refractivity contribution in [2.45, 2.75) is 38.6 Å². The number of hydrogen-bond acceptors (Lipinski definition) is 3. The van der Waals surface area contributed by atoms with E-state index >= 15 is 0 Å². The van der Waals surface area contributed by atoms with Crippen molar-refractivity contribution in [3.05, 3.63) is 30.3 Å². The molecule has 1 fully saturated rings. The number of aliphatic imine (C=N–C) groups is 1. The van der Waals surface area contributed by atoms with Crippen LogP contribution in [0.1, 0.15) is 33.1 Å². The Hall–Kier alpha value is -1.16. The molecule has 1 aromatic rings. The van der Waals surface area contributed by atoms with Gasteiger partial charge in [0.15, 0.2) is 5.17 Å². The molecule has 0 spiro atoms. The van der Waals surface area contributed by atoms with Gasteiger partial charge in [0, 0.05) is 24.3 Å². The first-order chi connectivity index (χ1) is 9.72. The molecule has 0 aromatic heterocycles. The Bertz CT molecular complexity index is 435. The topological polar surface area (TPSA) is 33.6 Å². The zero-order valence-electron chi connectivity index (χ0n) is 12.4. The third kappa shape index (κ3) is 4.75. The Labute approximate surface area is 126 Å². The lowest BCUT2D eigenvalue weighted by Crippen LogP contribution is -2.48. The molecular weight excluding hydrogens is 268 g/mol. The predicted octanol–water partition coefficient (Wildman–Crippen LogP) is 3.71. The van der Waals surface area contributed by atoms with Crippen LogP contribution in [0, 0.1) is 0 Å². The molecular formula is C16H24N2OS. The minimum Gasteiger partial charge on any atom is -0.494 e. The van der Waals surface area contributed by atoms with E-state index in [1.54, 1.807) is 0 Å². The number of hydrogen-bond donors (Lipinski definition) is 1. The molecule has 1 aromatic carbocycles. The summed E-state index contributed by atoms with van der Waals surface area (Å²) in [5.74, 6) is 2.10. The molecule has 1 aliphatic rings. The number of nitrogens with zero attached hydrogens (tertiary/aromatic N) is 1. The van der Waals surface area contributed by atoms with E-state index in [-0.39, 0.29) is 5.54 Å². The summed E-state index contributed by atoms with van der Waals surface area (Å²) in [6, 6.07) is 9.94. The van der Waals surface area contributed by atoms with Gasteiger partial charge >= 0.3 is 0 Å². The second-order valence-corrected chi connectivity index (χ2v) is 6.42. The van der Waals surface area contributed by atoms with E-state index in [0.717, 1.165) is 42.7 Å². The second kappa shape index (κ2) is 7.58. The molecule has 2 rings (SSSR count). The van der Waals surface area contributed by atoms with E-state index in [4.69, 9.17) is 4.74 Å². The van der Waals surface area contributed by atoms with Crippen LogP contribution in [0.15, 0.2) is 35.3 Å². The van der Waals surface area contributed by atoms with Gasteiger partial charge in [0.05, 0.1) is 6.61 Å². The Kier molecular flexibility index (Phi) is 5.77. The van der Waals surface area contributed by atoms with Crippen LogP contribution in [-0.2, 0) is 0 Å². The van der Waals surface area contributed by atoms with E-state index in [1.165, 1.54) is 6.42 Å². The van der Waals surface area contributed by atoms with Crippen LogP contribution >= 0.6 is 11.8 Å². The van der Waals surface area contributed by atoms with Gasteiger partial charge in [0.1, 0.15) is 5.75 Å². The summed E-state index contributed by atoms with van der Waals surface area (Å²) in [5.41, 5.74) is 0.227. The Morgan fingerprint density at radius 3 is 2.90 bits per heavy atom. The monoisotopic (exact) mass is 292 g/mol. The number of benzene rings is 1. The van der Waals surface area contributed by atoms with Crippen molar-refractivity contribution in [1.82, 2.24) is 5.32 Å². The van der Waals surface area contributed by atoms with Crippen molar-refractivity contribution < 1.29 is 4.74 Å². The Morgan fingerprint density at radius 1 is 1.35 bits per heavy atom. The van der Waals surface area contributed by atoms with Gasteiger partial charge in [-0.3, -0.25) is 4.99 Å².